The summed E-state index contributed by atoms with van der Waals surface area (Å²) in [6.07, 6.45) is 2.04. The highest BCUT2D eigenvalue weighted by Crippen LogP contribution is 2.56. The van der Waals surface area contributed by atoms with Crippen LogP contribution in [0, 0.1) is 5.82 Å². The monoisotopic (exact) mass is 275 g/mol. The van der Waals surface area contributed by atoms with E-state index in [-0.39, 0.29) is 17.3 Å². The van der Waals surface area contributed by atoms with E-state index >= 15 is 0 Å². The van der Waals surface area contributed by atoms with Gasteiger partial charge in [-0.1, -0.05) is 41.9 Å². The van der Waals surface area contributed by atoms with Crippen LogP contribution in [0.2, 0.25) is 5.02 Å². The van der Waals surface area contributed by atoms with Gasteiger partial charge >= 0.3 is 0 Å². The first-order chi connectivity index (χ1) is 9.13. The Labute approximate surface area is 117 Å². The highest BCUT2D eigenvalue weighted by molar-refractivity contribution is 6.31. The molecular formula is C16H15ClFN. The Morgan fingerprint density at radius 1 is 1.11 bits per heavy atom. The summed E-state index contributed by atoms with van der Waals surface area (Å²) in [5.41, 5.74) is 8.21. The van der Waals surface area contributed by atoms with Gasteiger partial charge in [0.15, 0.2) is 0 Å². The van der Waals surface area contributed by atoms with Crippen molar-refractivity contribution in [2.24, 2.45) is 5.73 Å². The second-order valence-electron chi connectivity index (χ2n) is 5.17. The van der Waals surface area contributed by atoms with E-state index in [2.05, 4.69) is 12.1 Å². The summed E-state index contributed by atoms with van der Waals surface area (Å²) in [4.78, 5) is 0. The quantitative estimate of drug-likeness (QED) is 0.892. The summed E-state index contributed by atoms with van der Waals surface area (Å²) in [5.74, 6) is -0.293. The predicted octanol–water partition coefficient (Wildman–Crippen LogP) is 4.21. The summed E-state index contributed by atoms with van der Waals surface area (Å²) < 4.78 is 13.4. The standard InChI is InChI=1S/C16H15ClFN/c17-14-7-6-12(18)10-13(14)15(19)16(8-9-16)11-4-2-1-3-5-11/h1-7,10,15H,8-9,19H2. The molecule has 1 unspecified atom stereocenters. The molecule has 0 aromatic heterocycles. The molecule has 1 fully saturated rings. The Bertz CT molecular complexity index is 593. The lowest BCUT2D eigenvalue weighted by atomic mass is 9.84. The lowest BCUT2D eigenvalue weighted by Crippen LogP contribution is -2.26. The van der Waals surface area contributed by atoms with Crippen LogP contribution in [0.4, 0.5) is 4.39 Å². The molecule has 2 aromatic rings. The Morgan fingerprint density at radius 3 is 2.42 bits per heavy atom. The molecule has 1 aliphatic carbocycles. The third-order valence-corrected chi connectivity index (χ3v) is 4.37. The van der Waals surface area contributed by atoms with Crippen LogP contribution < -0.4 is 5.73 Å². The minimum Gasteiger partial charge on any atom is -0.323 e. The molecule has 0 radical (unpaired) electrons. The number of hydrogen-bond donors (Lipinski definition) is 1. The average Bonchev–Trinajstić information content (AvgIpc) is 3.23. The minimum absolute atomic E-state index is 0.0846. The third-order valence-electron chi connectivity index (χ3n) is 4.03. The Morgan fingerprint density at radius 2 is 1.79 bits per heavy atom. The molecule has 2 aromatic carbocycles. The summed E-state index contributed by atoms with van der Waals surface area (Å²) in [5, 5.41) is 0.538. The van der Waals surface area contributed by atoms with Crippen molar-refractivity contribution < 1.29 is 4.39 Å². The van der Waals surface area contributed by atoms with E-state index in [4.69, 9.17) is 17.3 Å². The van der Waals surface area contributed by atoms with Gasteiger partial charge in [-0.2, -0.15) is 0 Å². The normalized spacial score (nSPS) is 18.1. The fourth-order valence-electron chi connectivity index (χ4n) is 2.73. The molecule has 1 nitrogen and oxygen atoms in total. The van der Waals surface area contributed by atoms with Crippen molar-refractivity contribution >= 4 is 11.6 Å². The maximum atomic E-state index is 13.4. The smallest absolute Gasteiger partial charge is 0.123 e. The number of benzene rings is 2. The summed E-state index contributed by atoms with van der Waals surface area (Å²) in [7, 11) is 0. The zero-order chi connectivity index (χ0) is 13.5. The molecule has 0 bridgehead atoms. The van der Waals surface area contributed by atoms with Gasteiger partial charge in [-0.05, 0) is 42.2 Å². The second kappa shape index (κ2) is 4.62. The highest BCUT2D eigenvalue weighted by Gasteiger charge is 2.50. The van der Waals surface area contributed by atoms with Crippen molar-refractivity contribution in [1.29, 1.82) is 0 Å². The molecule has 0 amide bonds. The fraction of sp³-hybridized carbons (Fsp3) is 0.250. The molecule has 0 aliphatic heterocycles. The number of hydrogen-bond acceptors (Lipinski definition) is 1. The van der Waals surface area contributed by atoms with Gasteiger partial charge in [0.25, 0.3) is 0 Å². The molecule has 1 atom stereocenters. The molecule has 19 heavy (non-hydrogen) atoms. The summed E-state index contributed by atoms with van der Waals surface area (Å²) in [6, 6.07) is 14.3. The summed E-state index contributed by atoms with van der Waals surface area (Å²) >= 11 is 6.17. The Hall–Kier alpha value is -1.38. The van der Waals surface area contributed by atoms with Crippen molar-refractivity contribution in [2.45, 2.75) is 24.3 Å². The van der Waals surface area contributed by atoms with E-state index in [0.29, 0.717) is 10.6 Å². The van der Waals surface area contributed by atoms with E-state index in [9.17, 15) is 4.39 Å². The van der Waals surface area contributed by atoms with E-state index < -0.39 is 0 Å². The van der Waals surface area contributed by atoms with E-state index in [0.717, 1.165) is 12.8 Å². The molecule has 0 spiro atoms. The molecule has 0 heterocycles. The third kappa shape index (κ3) is 2.15. The van der Waals surface area contributed by atoms with Gasteiger partial charge in [0.2, 0.25) is 0 Å². The molecule has 0 saturated heterocycles. The topological polar surface area (TPSA) is 26.0 Å². The molecule has 98 valence electrons. The van der Waals surface area contributed by atoms with Crippen LogP contribution in [-0.2, 0) is 5.41 Å². The molecule has 3 heteroatoms. The van der Waals surface area contributed by atoms with Crippen LogP contribution in [0.5, 0.6) is 0 Å². The van der Waals surface area contributed by atoms with Crippen LogP contribution in [0.3, 0.4) is 0 Å². The van der Waals surface area contributed by atoms with Crippen LogP contribution >= 0.6 is 11.6 Å². The number of rotatable bonds is 3. The van der Waals surface area contributed by atoms with Crippen molar-refractivity contribution in [3.05, 3.63) is 70.5 Å². The highest BCUT2D eigenvalue weighted by atomic mass is 35.5. The zero-order valence-corrected chi connectivity index (χ0v) is 11.2. The van der Waals surface area contributed by atoms with Crippen molar-refractivity contribution in [3.8, 4) is 0 Å². The number of nitrogens with two attached hydrogens (primary N) is 1. The Kier molecular flexibility index (Phi) is 3.08. The second-order valence-corrected chi connectivity index (χ2v) is 5.57. The van der Waals surface area contributed by atoms with Gasteiger partial charge in [-0.3, -0.25) is 0 Å². The van der Waals surface area contributed by atoms with Crippen LogP contribution in [0.25, 0.3) is 0 Å². The average molecular weight is 276 g/mol. The molecule has 3 rings (SSSR count). The molecule has 1 saturated carbocycles. The van der Waals surface area contributed by atoms with E-state index in [1.807, 2.05) is 18.2 Å². The van der Waals surface area contributed by atoms with E-state index in [1.165, 1.54) is 17.7 Å². The predicted molar refractivity (Wildman–Crippen MR) is 75.7 cm³/mol. The summed E-state index contributed by atoms with van der Waals surface area (Å²) in [6.45, 7) is 0. The first-order valence-electron chi connectivity index (χ1n) is 6.39. The largest absolute Gasteiger partial charge is 0.323 e. The minimum atomic E-state index is -0.293. The molecular weight excluding hydrogens is 261 g/mol. The van der Waals surface area contributed by atoms with E-state index in [1.54, 1.807) is 6.07 Å². The van der Waals surface area contributed by atoms with Crippen LogP contribution in [0.15, 0.2) is 48.5 Å². The molecule has 1 aliphatic rings. The van der Waals surface area contributed by atoms with Gasteiger partial charge in [0, 0.05) is 16.5 Å². The maximum absolute atomic E-state index is 13.4. The van der Waals surface area contributed by atoms with Crippen molar-refractivity contribution in [1.82, 2.24) is 0 Å². The van der Waals surface area contributed by atoms with Crippen molar-refractivity contribution in [2.75, 3.05) is 0 Å². The first kappa shape index (κ1) is 12.6. The zero-order valence-electron chi connectivity index (χ0n) is 10.4. The molecule has 2 N–H and O–H groups in total. The van der Waals surface area contributed by atoms with Gasteiger partial charge in [0.05, 0.1) is 0 Å². The van der Waals surface area contributed by atoms with Crippen molar-refractivity contribution in [3.63, 3.8) is 0 Å². The van der Waals surface area contributed by atoms with Gasteiger partial charge in [-0.25, -0.2) is 4.39 Å². The fourth-order valence-corrected chi connectivity index (χ4v) is 2.97. The SMILES string of the molecule is NC(c1cc(F)ccc1Cl)C1(c2ccccc2)CC1. The lowest BCUT2D eigenvalue weighted by molar-refractivity contribution is 0.535. The van der Waals surface area contributed by atoms with Gasteiger partial charge in [-0.15, -0.1) is 0 Å². The number of halogens is 2. The Balaban J connectivity index is 2.00. The van der Waals surface area contributed by atoms with Gasteiger partial charge < -0.3 is 5.73 Å². The lowest BCUT2D eigenvalue weighted by Gasteiger charge is -2.25. The first-order valence-corrected chi connectivity index (χ1v) is 6.77. The van der Waals surface area contributed by atoms with Gasteiger partial charge in [0.1, 0.15) is 5.82 Å². The van der Waals surface area contributed by atoms with Crippen LogP contribution in [0.1, 0.15) is 30.0 Å². The maximum Gasteiger partial charge on any atom is 0.123 e. The van der Waals surface area contributed by atoms with Crippen LogP contribution in [-0.4, -0.2) is 0 Å².